The quantitative estimate of drug-likeness (QED) is 0.633. The fourth-order valence-corrected chi connectivity index (χ4v) is 4.41. The first kappa shape index (κ1) is 17.1. The van der Waals surface area contributed by atoms with E-state index >= 15 is 0 Å². The fourth-order valence-electron chi connectivity index (χ4n) is 2.52. The summed E-state index contributed by atoms with van der Waals surface area (Å²) in [6.45, 7) is 0.996. The van der Waals surface area contributed by atoms with Crippen molar-refractivity contribution >= 4 is 56.1 Å². The minimum atomic E-state index is 0.487. The summed E-state index contributed by atoms with van der Waals surface area (Å²) >= 11 is 16.7. The van der Waals surface area contributed by atoms with Gasteiger partial charge in [-0.05, 0) is 52.9 Å². The molecule has 1 heterocycles. The Kier molecular flexibility index (Phi) is 5.57. The van der Waals surface area contributed by atoms with Gasteiger partial charge in [0.05, 0.1) is 16.5 Å². The van der Waals surface area contributed by atoms with E-state index in [2.05, 4.69) is 31.7 Å². The van der Waals surface area contributed by atoms with Crippen LogP contribution in [0.15, 0.2) is 33.2 Å². The summed E-state index contributed by atoms with van der Waals surface area (Å²) in [7, 11) is 1.62. The third-order valence-electron chi connectivity index (χ3n) is 3.96. The molecule has 1 fully saturated rings. The van der Waals surface area contributed by atoms with Gasteiger partial charge in [-0.1, -0.05) is 41.6 Å². The molecule has 1 aromatic heterocycles. The Morgan fingerprint density at radius 3 is 2.96 bits per heavy atom. The zero-order valence-corrected chi connectivity index (χ0v) is 16.6. The van der Waals surface area contributed by atoms with Gasteiger partial charge in [-0.3, -0.25) is 0 Å². The number of hydrogen-bond acceptors (Lipinski definition) is 3. The molecule has 0 N–H and O–H groups in total. The van der Waals surface area contributed by atoms with E-state index in [-0.39, 0.29) is 0 Å². The van der Waals surface area contributed by atoms with E-state index in [1.165, 1.54) is 19.3 Å². The van der Waals surface area contributed by atoms with Crippen molar-refractivity contribution in [3.05, 3.63) is 43.6 Å². The third kappa shape index (κ3) is 4.05. The monoisotopic (exact) mass is 430 g/mol. The molecule has 0 aliphatic heterocycles. The molecule has 2 aromatic rings. The van der Waals surface area contributed by atoms with E-state index in [9.17, 15) is 0 Å². The Morgan fingerprint density at radius 2 is 2.30 bits per heavy atom. The third-order valence-corrected chi connectivity index (χ3v) is 6.01. The summed E-state index contributed by atoms with van der Waals surface area (Å²) in [5.41, 5.74) is 0.745. The van der Waals surface area contributed by atoms with Gasteiger partial charge >= 0.3 is 0 Å². The van der Waals surface area contributed by atoms with Crippen LogP contribution in [0.4, 0.5) is 0 Å². The fraction of sp³-hybridized carbons (Fsp3) is 0.375. The predicted octanol–water partition coefficient (Wildman–Crippen LogP) is 5.05. The number of thiazole rings is 1. The minimum absolute atomic E-state index is 0.487. The van der Waals surface area contributed by atoms with Gasteiger partial charge in [0, 0.05) is 17.8 Å². The number of halogens is 2. The van der Waals surface area contributed by atoms with Gasteiger partial charge < -0.3 is 9.30 Å². The highest BCUT2D eigenvalue weighted by molar-refractivity contribution is 9.11. The first-order valence-corrected chi connectivity index (χ1v) is 9.75. The molecule has 0 radical (unpaired) electrons. The van der Waals surface area contributed by atoms with Crippen molar-refractivity contribution in [1.29, 1.82) is 0 Å². The van der Waals surface area contributed by atoms with Crippen LogP contribution in [0.2, 0.25) is 5.02 Å². The summed E-state index contributed by atoms with van der Waals surface area (Å²) in [6, 6.07) is 5.39. The average molecular weight is 432 g/mol. The molecule has 0 atom stereocenters. The number of hydrogen-bond donors (Lipinski definition) is 0. The molecule has 3 rings (SSSR count). The predicted molar refractivity (Wildman–Crippen MR) is 103 cm³/mol. The molecular weight excluding hydrogens is 416 g/mol. The maximum atomic E-state index is 6.08. The molecule has 1 aliphatic carbocycles. The van der Waals surface area contributed by atoms with Gasteiger partial charge in [0.2, 0.25) is 0 Å². The maximum absolute atomic E-state index is 6.08. The van der Waals surface area contributed by atoms with Crippen molar-refractivity contribution in [3.8, 4) is 5.75 Å². The van der Waals surface area contributed by atoms with E-state index in [0.29, 0.717) is 15.8 Å². The summed E-state index contributed by atoms with van der Waals surface area (Å²) in [4.78, 5) is 6.04. The molecule has 1 saturated carbocycles. The standard InChI is InChI=1S/C16H16BrClN2OS2/c1-21-13-6-5-11(18)7-12(13)15(22)19-16-20(9-14(17)23-16)8-10-3-2-4-10/h5-7,9-10H,2-4,8H2,1H3/b19-16-. The molecule has 0 amide bonds. The van der Waals surface area contributed by atoms with Gasteiger partial charge in [0.1, 0.15) is 10.7 Å². The van der Waals surface area contributed by atoms with Gasteiger partial charge in [-0.2, -0.15) is 0 Å². The Bertz CT molecular complexity index is 796. The smallest absolute Gasteiger partial charge is 0.191 e. The Labute approximate surface area is 158 Å². The van der Waals surface area contributed by atoms with Crippen molar-refractivity contribution in [2.24, 2.45) is 10.9 Å². The number of methoxy groups -OCH3 is 1. The highest BCUT2D eigenvalue weighted by Gasteiger charge is 2.19. The number of benzene rings is 1. The number of ether oxygens (including phenoxy) is 1. The lowest BCUT2D eigenvalue weighted by atomic mass is 9.85. The molecule has 122 valence electrons. The lowest BCUT2D eigenvalue weighted by Gasteiger charge is -2.25. The van der Waals surface area contributed by atoms with E-state index in [4.69, 9.17) is 28.6 Å². The second kappa shape index (κ2) is 7.47. The summed E-state index contributed by atoms with van der Waals surface area (Å²) in [5.74, 6) is 1.44. The summed E-state index contributed by atoms with van der Waals surface area (Å²) in [6.07, 6.45) is 6.01. The average Bonchev–Trinajstić information content (AvgIpc) is 2.82. The normalized spacial score (nSPS) is 15.5. The van der Waals surface area contributed by atoms with Crippen LogP contribution in [0.1, 0.15) is 24.8 Å². The minimum Gasteiger partial charge on any atom is -0.496 e. The molecule has 7 heteroatoms. The Morgan fingerprint density at radius 1 is 1.52 bits per heavy atom. The van der Waals surface area contributed by atoms with Gasteiger partial charge in [0.15, 0.2) is 4.80 Å². The second-order valence-corrected chi connectivity index (χ2v) is 8.74. The molecule has 1 aromatic carbocycles. The van der Waals surface area contributed by atoms with Crippen molar-refractivity contribution < 1.29 is 4.74 Å². The summed E-state index contributed by atoms with van der Waals surface area (Å²) < 4.78 is 8.60. The largest absolute Gasteiger partial charge is 0.496 e. The first-order valence-electron chi connectivity index (χ1n) is 7.35. The van der Waals surface area contributed by atoms with Crippen molar-refractivity contribution in [2.45, 2.75) is 25.8 Å². The first-order chi connectivity index (χ1) is 11.1. The Balaban J connectivity index is 1.94. The van der Waals surface area contributed by atoms with Crippen molar-refractivity contribution in [2.75, 3.05) is 7.11 Å². The SMILES string of the molecule is COc1ccc(Cl)cc1C(=S)/N=c1\sc(Br)cn1CC1CCC1. The van der Waals surface area contributed by atoms with Gasteiger partial charge in [-0.15, -0.1) is 0 Å². The molecular formula is C16H16BrClN2OS2. The van der Waals surface area contributed by atoms with Gasteiger partial charge in [-0.25, -0.2) is 4.99 Å². The zero-order chi connectivity index (χ0) is 16.4. The lowest BCUT2D eigenvalue weighted by Crippen LogP contribution is -2.24. The maximum Gasteiger partial charge on any atom is 0.191 e. The number of aromatic nitrogens is 1. The lowest BCUT2D eigenvalue weighted by molar-refractivity contribution is 0.274. The van der Waals surface area contributed by atoms with Crippen molar-refractivity contribution in [3.63, 3.8) is 0 Å². The van der Waals surface area contributed by atoms with Crippen LogP contribution in [-0.2, 0) is 6.54 Å². The molecule has 3 nitrogen and oxygen atoms in total. The number of thiocarbonyl (C=S) groups is 1. The van der Waals surface area contributed by atoms with E-state index < -0.39 is 0 Å². The van der Waals surface area contributed by atoms with Gasteiger partial charge in [0.25, 0.3) is 0 Å². The molecule has 0 unspecified atom stereocenters. The van der Waals surface area contributed by atoms with Crippen LogP contribution in [0.5, 0.6) is 5.75 Å². The van der Waals surface area contributed by atoms with Crippen LogP contribution >= 0.6 is 51.1 Å². The highest BCUT2D eigenvalue weighted by atomic mass is 79.9. The van der Waals surface area contributed by atoms with Crippen LogP contribution in [0.25, 0.3) is 0 Å². The topological polar surface area (TPSA) is 26.5 Å². The van der Waals surface area contributed by atoms with E-state index in [0.717, 1.165) is 26.6 Å². The molecule has 0 saturated heterocycles. The molecule has 1 aliphatic rings. The van der Waals surface area contributed by atoms with Crippen molar-refractivity contribution in [1.82, 2.24) is 4.57 Å². The zero-order valence-electron chi connectivity index (χ0n) is 12.6. The highest BCUT2D eigenvalue weighted by Crippen LogP contribution is 2.28. The molecule has 23 heavy (non-hydrogen) atoms. The Hall–Kier alpha value is -0.690. The van der Waals surface area contributed by atoms with Crippen LogP contribution in [0.3, 0.4) is 0 Å². The van der Waals surface area contributed by atoms with Crippen LogP contribution in [0, 0.1) is 5.92 Å². The van der Waals surface area contributed by atoms with E-state index in [1.807, 2.05) is 6.07 Å². The summed E-state index contributed by atoms with van der Waals surface area (Å²) in [5, 5.41) is 0.619. The number of nitrogens with zero attached hydrogens (tertiary/aromatic N) is 2. The second-order valence-electron chi connectivity index (χ2n) is 5.53. The van der Waals surface area contributed by atoms with Crippen LogP contribution < -0.4 is 9.54 Å². The number of rotatable bonds is 4. The molecule has 0 bridgehead atoms. The van der Waals surface area contributed by atoms with E-state index in [1.54, 1.807) is 30.6 Å². The van der Waals surface area contributed by atoms with Crippen LogP contribution in [-0.4, -0.2) is 16.7 Å². The molecule has 0 spiro atoms.